The summed E-state index contributed by atoms with van der Waals surface area (Å²) in [5, 5.41) is 4.51. The van der Waals surface area contributed by atoms with Gasteiger partial charge >= 0.3 is 0 Å². The van der Waals surface area contributed by atoms with E-state index in [1.807, 2.05) is 0 Å². The molecule has 2 nitrogen and oxygen atoms in total. The van der Waals surface area contributed by atoms with Crippen molar-refractivity contribution < 1.29 is 0 Å². The normalized spacial score (nSPS) is 21.6. The topological polar surface area (TPSA) is 15.3 Å². The molecule has 3 fully saturated rings. The minimum absolute atomic E-state index is 0.747. The predicted octanol–water partition coefficient (Wildman–Crippen LogP) is 4.22. The van der Waals surface area contributed by atoms with Crippen molar-refractivity contribution in [2.45, 2.75) is 51.1 Å². The Morgan fingerprint density at radius 1 is 1.00 bits per heavy atom. The van der Waals surface area contributed by atoms with Crippen LogP contribution in [0.25, 0.3) is 0 Å². The summed E-state index contributed by atoms with van der Waals surface area (Å²) in [5.74, 6) is 1.87. The fourth-order valence-electron chi connectivity index (χ4n) is 3.04. The molecule has 0 atom stereocenters. The minimum Gasteiger partial charge on any atom is -0.371 e. The summed E-state index contributed by atoms with van der Waals surface area (Å²) in [5.41, 5.74) is 2.81. The average molecular weight is 305 g/mol. The predicted molar refractivity (Wildman–Crippen MR) is 89.0 cm³/mol. The number of hydrogen-bond acceptors (Lipinski definition) is 2. The van der Waals surface area contributed by atoms with Crippen molar-refractivity contribution in [3.63, 3.8) is 0 Å². The second-order valence-corrected chi connectivity index (χ2v) is 7.66. The van der Waals surface area contributed by atoms with E-state index >= 15 is 0 Å². The van der Waals surface area contributed by atoms with E-state index in [0.29, 0.717) is 0 Å². The quantitative estimate of drug-likeness (QED) is 0.773. The number of nitrogens with one attached hydrogen (secondary N) is 1. The zero-order valence-corrected chi connectivity index (χ0v) is 13.4. The van der Waals surface area contributed by atoms with E-state index < -0.39 is 0 Å². The number of benzene rings is 1. The molecule has 3 aliphatic carbocycles. The number of anilines is 1. The first-order valence-corrected chi connectivity index (χ1v) is 8.92. The largest absolute Gasteiger partial charge is 0.371 e. The van der Waals surface area contributed by atoms with E-state index in [2.05, 4.69) is 28.4 Å². The first-order valence-electron chi connectivity index (χ1n) is 8.54. The molecule has 1 aromatic rings. The zero-order chi connectivity index (χ0) is 14.2. The molecule has 0 saturated heterocycles. The fraction of sp³-hybridized carbons (Fsp3) is 0.667. The van der Waals surface area contributed by atoms with Crippen molar-refractivity contribution in [2.75, 3.05) is 18.0 Å². The second-order valence-electron chi connectivity index (χ2n) is 7.22. The Morgan fingerprint density at radius 3 is 2.24 bits per heavy atom. The van der Waals surface area contributed by atoms with E-state index in [1.165, 1.54) is 62.9 Å². The van der Waals surface area contributed by atoms with E-state index in [-0.39, 0.29) is 0 Å². The van der Waals surface area contributed by atoms with Crippen LogP contribution in [0.4, 0.5) is 5.69 Å². The second kappa shape index (κ2) is 5.81. The van der Waals surface area contributed by atoms with E-state index in [0.717, 1.165) is 29.4 Å². The van der Waals surface area contributed by atoms with Crippen LogP contribution in [0.3, 0.4) is 0 Å². The summed E-state index contributed by atoms with van der Waals surface area (Å²) in [6, 6.07) is 7.22. The monoisotopic (exact) mass is 304 g/mol. The van der Waals surface area contributed by atoms with Crippen LogP contribution in [0.2, 0.25) is 5.02 Å². The Morgan fingerprint density at radius 2 is 1.67 bits per heavy atom. The number of rotatable bonds is 8. The zero-order valence-electron chi connectivity index (χ0n) is 12.7. The molecule has 3 saturated carbocycles. The van der Waals surface area contributed by atoms with Crippen molar-refractivity contribution in [3.05, 3.63) is 28.8 Å². The third kappa shape index (κ3) is 3.92. The molecule has 21 heavy (non-hydrogen) atoms. The fourth-order valence-corrected chi connectivity index (χ4v) is 3.24. The smallest absolute Gasteiger partial charge is 0.0413 e. The van der Waals surface area contributed by atoms with Gasteiger partial charge in [-0.25, -0.2) is 0 Å². The van der Waals surface area contributed by atoms with E-state index in [9.17, 15) is 0 Å². The van der Waals surface area contributed by atoms with Gasteiger partial charge in [-0.15, -0.1) is 0 Å². The van der Waals surface area contributed by atoms with Gasteiger partial charge < -0.3 is 10.2 Å². The lowest BCUT2D eigenvalue weighted by Crippen LogP contribution is -2.30. The van der Waals surface area contributed by atoms with Crippen molar-refractivity contribution in [3.8, 4) is 0 Å². The number of hydrogen-bond donors (Lipinski definition) is 1. The van der Waals surface area contributed by atoms with Crippen LogP contribution in [0, 0.1) is 11.8 Å². The molecule has 4 rings (SSSR count). The molecule has 0 amide bonds. The number of halogens is 1. The third-order valence-electron chi connectivity index (χ3n) is 4.89. The van der Waals surface area contributed by atoms with Crippen LogP contribution >= 0.6 is 11.6 Å². The minimum atomic E-state index is 0.747. The third-order valence-corrected chi connectivity index (χ3v) is 5.13. The summed E-state index contributed by atoms with van der Waals surface area (Å²) in [6.07, 6.45) is 8.36. The maximum Gasteiger partial charge on any atom is 0.0413 e. The van der Waals surface area contributed by atoms with Gasteiger partial charge in [0.2, 0.25) is 0 Å². The van der Waals surface area contributed by atoms with Crippen LogP contribution in [-0.2, 0) is 6.54 Å². The maximum atomic E-state index is 6.24. The average Bonchev–Trinajstić information content (AvgIpc) is 3.33. The van der Waals surface area contributed by atoms with Crippen LogP contribution in [-0.4, -0.2) is 19.1 Å². The van der Waals surface area contributed by atoms with Crippen LogP contribution in [0.15, 0.2) is 18.2 Å². The van der Waals surface area contributed by atoms with Crippen LogP contribution in [0.1, 0.15) is 44.1 Å². The lowest BCUT2D eigenvalue weighted by atomic mass is 10.1. The van der Waals surface area contributed by atoms with Gasteiger partial charge in [0.1, 0.15) is 0 Å². The SMILES string of the molecule is Clc1ccc(N(CC2CC2)CC2CC2)c(CNC2CC2)c1. The molecule has 1 N–H and O–H groups in total. The summed E-state index contributed by atoms with van der Waals surface area (Å²) in [7, 11) is 0. The highest BCUT2D eigenvalue weighted by Crippen LogP contribution is 2.37. The Labute approximate surface area is 132 Å². The molecule has 3 heteroatoms. The van der Waals surface area contributed by atoms with Gasteiger partial charge in [0, 0.05) is 36.4 Å². The van der Waals surface area contributed by atoms with E-state index in [1.54, 1.807) is 0 Å². The van der Waals surface area contributed by atoms with Gasteiger partial charge in [0.05, 0.1) is 0 Å². The molecule has 1 aromatic carbocycles. The van der Waals surface area contributed by atoms with Gasteiger partial charge in [-0.2, -0.15) is 0 Å². The van der Waals surface area contributed by atoms with Crippen molar-refractivity contribution in [1.82, 2.24) is 5.32 Å². The molecule has 3 aliphatic rings. The molecular weight excluding hydrogens is 280 g/mol. The first-order chi connectivity index (χ1) is 10.3. The molecule has 0 bridgehead atoms. The van der Waals surface area contributed by atoms with Gasteiger partial charge in [0.15, 0.2) is 0 Å². The number of nitrogens with zero attached hydrogens (tertiary/aromatic N) is 1. The molecular formula is C18H25ClN2. The molecule has 0 aromatic heterocycles. The van der Waals surface area contributed by atoms with Gasteiger partial charge in [0.25, 0.3) is 0 Å². The van der Waals surface area contributed by atoms with Gasteiger partial charge in [-0.1, -0.05) is 11.6 Å². The molecule has 114 valence electrons. The van der Waals surface area contributed by atoms with Gasteiger partial charge in [-0.3, -0.25) is 0 Å². The maximum absolute atomic E-state index is 6.24. The Kier molecular flexibility index (Phi) is 3.85. The Bertz CT molecular complexity index is 490. The lowest BCUT2D eigenvalue weighted by Gasteiger charge is -2.28. The molecule has 0 heterocycles. The lowest BCUT2D eigenvalue weighted by molar-refractivity contribution is 0.659. The summed E-state index contributed by atoms with van der Waals surface area (Å²) in [6.45, 7) is 3.45. The Hall–Kier alpha value is -0.730. The standard InChI is InChI=1S/C18H25ClN2/c19-16-5-8-18(15(9-16)10-20-17-6-7-17)21(11-13-1-2-13)12-14-3-4-14/h5,8-9,13-14,17,20H,1-4,6-7,10-12H2. The summed E-state index contributed by atoms with van der Waals surface area (Å²) < 4.78 is 0. The summed E-state index contributed by atoms with van der Waals surface area (Å²) in [4.78, 5) is 2.65. The Balaban J connectivity index is 1.53. The van der Waals surface area contributed by atoms with Crippen molar-refractivity contribution in [2.24, 2.45) is 11.8 Å². The summed E-state index contributed by atoms with van der Waals surface area (Å²) >= 11 is 6.24. The highest BCUT2D eigenvalue weighted by atomic mass is 35.5. The van der Waals surface area contributed by atoms with Crippen molar-refractivity contribution in [1.29, 1.82) is 0 Å². The molecule has 0 unspecified atom stereocenters. The first kappa shape index (κ1) is 13.9. The highest BCUT2D eigenvalue weighted by molar-refractivity contribution is 6.30. The highest BCUT2D eigenvalue weighted by Gasteiger charge is 2.30. The van der Waals surface area contributed by atoms with Crippen LogP contribution < -0.4 is 10.2 Å². The van der Waals surface area contributed by atoms with Crippen molar-refractivity contribution >= 4 is 17.3 Å². The van der Waals surface area contributed by atoms with Crippen LogP contribution in [0.5, 0.6) is 0 Å². The van der Waals surface area contributed by atoms with Gasteiger partial charge in [-0.05, 0) is 74.1 Å². The molecule has 0 aliphatic heterocycles. The molecule has 0 spiro atoms. The molecule has 0 radical (unpaired) electrons. The van der Waals surface area contributed by atoms with E-state index in [4.69, 9.17) is 11.6 Å².